The van der Waals surface area contributed by atoms with Crippen molar-refractivity contribution in [3.05, 3.63) is 84.1 Å². The van der Waals surface area contributed by atoms with E-state index >= 15 is 0 Å². The van der Waals surface area contributed by atoms with Gasteiger partial charge >= 0.3 is 0 Å². The van der Waals surface area contributed by atoms with Crippen LogP contribution in [0.4, 0.5) is 0 Å². The van der Waals surface area contributed by atoms with Crippen molar-refractivity contribution in [2.24, 2.45) is 0 Å². The van der Waals surface area contributed by atoms with E-state index in [1.54, 1.807) is 11.0 Å². The first kappa shape index (κ1) is 17.5. The maximum absolute atomic E-state index is 12.9. The minimum atomic E-state index is -0.126. The average Bonchev–Trinajstić information content (AvgIpc) is 3.22. The summed E-state index contributed by atoms with van der Waals surface area (Å²) in [5, 5.41) is 3.09. The second-order valence-electron chi connectivity index (χ2n) is 7.29. The van der Waals surface area contributed by atoms with E-state index in [9.17, 15) is 9.59 Å². The molecule has 3 aromatic carbocycles. The van der Waals surface area contributed by atoms with Crippen LogP contribution in [0.15, 0.2) is 77.2 Å². The van der Waals surface area contributed by atoms with Crippen LogP contribution in [0.5, 0.6) is 0 Å². The minimum Gasteiger partial charge on any atom is -0.451 e. The van der Waals surface area contributed by atoms with Crippen molar-refractivity contribution in [1.29, 1.82) is 0 Å². The highest BCUT2D eigenvalue weighted by Gasteiger charge is 2.27. The van der Waals surface area contributed by atoms with Crippen LogP contribution in [-0.2, 0) is 0 Å². The van der Waals surface area contributed by atoms with E-state index in [4.69, 9.17) is 4.42 Å². The number of hydrogen-bond donors (Lipinski definition) is 0. The highest BCUT2D eigenvalue weighted by molar-refractivity contribution is 5.99. The third-order valence-electron chi connectivity index (χ3n) is 5.49. The van der Waals surface area contributed by atoms with Crippen LogP contribution < -0.4 is 0 Å². The number of rotatable bonds is 2. The molecule has 0 N–H and O–H groups in total. The summed E-state index contributed by atoms with van der Waals surface area (Å²) in [4.78, 5) is 29.3. The molecule has 5 rings (SSSR count). The van der Waals surface area contributed by atoms with E-state index < -0.39 is 0 Å². The number of piperazine rings is 1. The third kappa shape index (κ3) is 3.25. The molecular weight excluding hydrogens is 364 g/mol. The maximum atomic E-state index is 12.9. The molecule has 4 aromatic rings. The molecule has 1 aliphatic rings. The molecule has 29 heavy (non-hydrogen) atoms. The molecule has 0 unspecified atom stereocenters. The Hall–Kier alpha value is -3.60. The van der Waals surface area contributed by atoms with Gasteiger partial charge in [0.1, 0.15) is 5.58 Å². The van der Waals surface area contributed by atoms with Crippen molar-refractivity contribution in [2.45, 2.75) is 0 Å². The van der Waals surface area contributed by atoms with E-state index in [0.717, 1.165) is 16.2 Å². The topological polar surface area (TPSA) is 53.8 Å². The second kappa shape index (κ2) is 7.09. The SMILES string of the molecule is O=C(c1ccc2ccccc2c1)N1CCN(C(=O)c2cc3ccccc3o2)CC1. The predicted molar refractivity (Wildman–Crippen MR) is 112 cm³/mol. The smallest absolute Gasteiger partial charge is 0.289 e. The van der Waals surface area contributed by atoms with Gasteiger partial charge in [0.05, 0.1) is 0 Å². The Morgan fingerprint density at radius 3 is 2.00 bits per heavy atom. The molecule has 2 heterocycles. The maximum Gasteiger partial charge on any atom is 0.289 e. The van der Waals surface area contributed by atoms with Crippen LogP contribution in [0.2, 0.25) is 0 Å². The van der Waals surface area contributed by atoms with Gasteiger partial charge in [-0.1, -0.05) is 48.5 Å². The number of fused-ring (bicyclic) bond motifs is 2. The van der Waals surface area contributed by atoms with Gasteiger partial charge in [-0.25, -0.2) is 0 Å². The highest BCUT2D eigenvalue weighted by Crippen LogP contribution is 2.21. The summed E-state index contributed by atoms with van der Waals surface area (Å²) in [7, 11) is 0. The van der Waals surface area contributed by atoms with Crippen LogP contribution in [0.3, 0.4) is 0 Å². The predicted octanol–water partition coefficient (Wildman–Crippen LogP) is 4.18. The lowest BCUT2D eigenvalue weighted by Gasteiger charge is -2.34. The van der Waals surface area contributed by atoms with Gasteiger partial charge in [-0.2, -0.15) is 0 Å². The molecule has 5 nitrogen and oxygen atoms in total. The first-order valence-electron chi connectivity index (χ1n) is 9.75. The van der Waals surface area contributed by atoms with Crippen molar-refractivity contribution < 1.29 is 14.0 Å². The van der Waals surface area contributed by atoms with Crippen LogP contribution in [-0.4, -0.2) is 47.8 Å². The standard InChI is InChI=1S/C24H20N2O3/c27-23(20-10-9-17-5-1-2-6-18(17)15-20)25-11-13-26(14-12-25)24(28)22-16-19-7-3-4-8-21(19)29-22/h1-10,15-16H,11-14H2. The van der Waals surface area contributed by atoms with Crippen molar-refractivity contribution in [1.82, 2.24) is 9.80 Å². The van der Waals surface area contributed by atoms with E-state index in [-0.39, 0.29) is 11.8 Å². The summed E-state index contributed by atoms with van der Waals surface area (Å²) in [6, 6.07) is 23.2. The lowest BCUT2D eigenvalue weighted by atomic mass is 10.1. The van der Waals surface area contributed by atoms with E-state index in [1.807, 2.05) is 71.6 Å². The van der Waals surface area contributed by atoms with E-state index in [1.165, 1.54) is 0 Å². The summed E-state index contributed by atoms with van der Waals surface area (Å²) in [6.07, 6.45) is 0. The number of para-hydroxylation sites is 1. The van der Waals surface area contributed by atoms with Crippen molar-refractivity contribution >= 4 is 33.6 Å². The van der Waals surface area contributed by atoms with Crippen LogP contribution in [0, 0.1) is 0 Å². The molecule has 1 saturated heterocycles. The van der Waals surface area contributed by atoms with Gasteiger partial charge in [0.15, 0.2) is 5.76 Å². The van der Waals surface area contributed by atoms with Crippen molar-refractivity contribution in [2.75, 3.05) is 26.2 Å². The zero-order valence-corrected chi connectivity index (χ0v) is 15.9. The Balaban J connectivity index is 1.27. The van der Waals surface area contributed by atoms with Gasteiger partial charge < -0.3 is 14.2 Å². The van der Waals surface area contributed by atoms with Crippen molar-refractivity contribution in [3.8, 4) is 0 Å². The minimum absolute atomic E-state index is 0.00610. The zero-order chi connectivity index (χ0) is 19.8. The molecule has 0 spiro atoms. The number of benzene rings is 3. The molecular formula is C24H20N2O3. The number of nitrogens with zero attached hydrogens (tertiary/aromatic N) is 2. The Morgan fingerprint density at radius 1 is 0.655 bits per heavy atom. The van der Waals surface area contributed by atoms with Crippen LogP contribution in [0.1, 0.15) is 20.9 Å². The summed E-state index contributed by atoms with van der Waals surface area (Å²) in [5.41, 5.74) is 1.39. The number of carbonyl (C=O) groups excluding carboxylic acids is 2. The first-order valence-corrected chi connectivity index (χ1v) is 9.75. The van der Waals surface area contributed by atoms with E-state index in [2.05, 4.69) is 0 Å². The van der Waals surface area contributed by atoms with Crippen LogP contribution in [0.25, 0.3) is 21.7 Å². The third-order valence-corrected chi connectivity index (χ3v) is 5.49. The summed E-state index contributed by atoms with van der Waals surface area (Å²) in [5.74, 6) is 0.228. The molecule has 1 aliphatic heterocycles. The molecule has 0 bridgehead atoms. The fourth-order valence-corrected chi connectivity index (χ4v) is 3.86. The van der Waals surface area contributed by atoms with Gasteiger partial charge in [-0.05, 0) is 35.0 Å². The fraction of sp³-hybridized carbons (Fsp3) is 0.167. The molecule has 144 valence electrons. The van der Waals surface area contributed by atoms with Crippen molar-refractivity contribution in [3.63, 3.8) is 0 Å². The Labute approximate surface area is 168 Å². The largest absolute Gasteiger partial charge is 0.451 e. The summed E-state index contributed by atoms with van der Waals surface area (Å²) in [6.45, 7) is 2.01. The van der Waals surface area contributed by atoms with Gasteiger partial charge in [0.2, 0.25) is 0 Å². The summed E-state index contributed by atoms with van der Waals surface area (Å²) >= 11 is 0. The molecule has 0 aliphatic carbocycles. The summed E-state index contributed by atoms with van der Waals surface area (Å²) < 4.78 is 5.70. The van der Waals surface area contributed by atoms with Gasteiger partial charge in [0, 0.05) is 37.1 Å². The highest BCUT2D eigenvalue weighted by atomic mass is 16.3. The molecule has 2 amide bonds. The molecule has 0 atom stereocenters. The first-order chi connectivity index (χ1) is 14.2. The fourth-order valence-electron chi connectivity index (χ4n) is 3.86. The Bertz CT molecular complexity index is 1190. The van der Waals surface area contributed by atoms with Gasteiger partial charge in [-0.3, -0.25) is 9.59 Å². The number of hydrogen-bond acceptors (Lipinski definition) is 3. The lowest BCUT2D eigenvalue weighted by molar-refractivity contribution is 0.0519. The number of furan rings is 1. The molecule has 5 heteroatoms. The quantitative estimate of drug-likeness (QED) is 0.521. The Kier molecular flexibility index (Phi) is 4.28. The normalized spacial score (nSPS) is 14.5. The van der Waals surface area contributed by atoms with Gasteiger partial charge in [0.25, 0.3) is 11.8 Å². The lowest BCUT2D eigenvalue weighted by Crippen LogP contribution is -2.50. The monoisotopic (exact) mass is 384 g/mol. The second-order valence-corrected chi connectivity index (χ2v) is 7.29. The zero-order valence-electron chi connectivity index (χ0n) is 15.9. The number of carbonyl (C=O) groups is 2. The molecule has 0 saturated carbocycles. The Morgan fingerprint density at radius 2 is 1.28 bits per heavy atom. The average molecular weight is 384 g/mol. The molecule has 1 fully saturated rings. The molecule has 1 aromatic heterocycles. The van der Waals surface area contributed by atoms with E-state index in [0.29, 0.717) is 43.1 Å². The van der Waals surface area contributed by atoms with Crippen LogP contribution >= 0.6 is 0 Å². The molecule has 0 radical (unpaired) electrons. The number of amides is 2. The van der Waals surface area contributed by atoms with Gasteiger partial charge in [-0.15, -0.1) is 0 Å².